The average molecular weight is 529 g/mol. The molecule has 0 saturated heterocycles. The Morgan fingerprint density at radius 1 is 1.11 bits per heavy atom. The lowest BCUT2D eigenvalue weighted by atomic mass is 9.91. The van der Waals surface area contributed by atoms with Gasteiger partial charge in [0, 0.05) is 24.8 Å². The predicted molar refractivity (Wildman–Crippen MR) is 122 cm³/mol. The highest BCUT2D eigenvalue weighted by atomic mass is 32.1. The molecule has 192 valence electrons. The summed E-state index contributed by atoms with van der Waals surface area (Å²) in [6.07, 6.45) is -6.50. The second kappa shape index (κ2) is 10.3. The quantitative estimate of drug-likeness (QED) is 0.309. The molecule has 4 amide bonds. The van der Waals surface area contributed by atoms with Crippen LogP contribution in [-0.2, 0) is 10.4 Å². The van der Waals surface area contributed by atoms with Gasteiger partial charge in [0.1, 0.15) is 11.3 Å². The summed E-state index contributed by atoms with van der Waals surface area (Å²) in [5, 5.41) is 19.2. The fourth-order valence-electron chi connectivity index (χ4n) is 2.99. The summed E-state index contributed by atoms with van der Waals surface area (Å²) in [5.74, 6) is -2.75. The van der Waals surface area contributed by atoms with Crippen LogP contribution >= 0.6 is 11.3 Å². The number of carbonyl (C=O) groups is 3. The molecule has 0 saturated carbocycles. The first-order chi connectivity index (χ1) is 16.9. The summed E-state index contributed by atoms with van der Waals surface area (Å²) in [6.45, 7) is 1.18. The molecule has 0 fully saturated rings. The van der Waals surface area contributed by atoms with E-state index in [1.165, 1.54) is 26.1 Å². The molecule has 1 heterocycles. The molecule has 5 N–H and O–H groups in total. The number of alkyl halides is 3. The molecule has 1 aromatic heterocycles. The Kier molecular flexibility index (Phi) is 7.64. The number of amides is 4. The number of likely N-dealkylation sites (N-methyl/N-ethyl adjacent to an activating group) is 1. The maximum absolute atomic E-state index is 13.9. The molecule has 1 atom stereocenters. The van der Waals surface area contributed by atoms with Crippen LogP contribution in [0.25, 0.3) is 10.2 Å². The molecule has 0 aliphatic rings. The lowest BCUT2D eigenvalue weighted by Crippen LogP contribution is -2.54. The van der Waals surface area contributed by atoms with Gasteiger partial charge in [-0.25, -0.2) is 19.0 Å². The number of anilines is 2. The Morgan fingerprint density at radius 3 is 2.36 bits per heavy atom. The smallest absolute Gasteiger partial charge is 0.408 e. The number of ether oxygens (including phenoxy) is 1. The third kappa shape index (κ3) is 5.46. The third-order valence-corrected chi connectivity index (χ3v) is 5.60. The Hall–Kier alpha value is -3.98. The van der Waals surface area contributed by atoms with Gasteiger partial charge in [-0.2, -0.15) is 13.2 Å². The van der Waals surface area contributed by atoms with Crippen LogP contribution in [0.1, 0.15) is 12.5 Å². The zero-order chi connectivity index (χ0) is 26.7. The van der Waals surface area contributed by atoms with E-state index in [0.29, 0.717) is 17.4 Å². The number of halogens is 4. The van der Waals surface area contributed by atoms with E-state index in [-0.39, 0.29) is 27.6 Å². The highest BCUT2D eigenvalue weighted by molar-refractivity contribution is 7.22. The molecule has 0 spiro atoms. The minimum Gasteiger partial charge on any atom is -0.408 e. The van der Waals surface area contributed by atoms with E-state index in [0.717, 1.165) is 18.2 Å². The van der Waals surface area contributed by atoms with E-state index in [4.69, 9.17) is 4.74 Å². The highest BCUT2D eigenvalue weighted by Crippen LogP contribution is 2.43. The van der Waals surface area contributed by atoms with Crippen LogP contribution in [-0.4, -0.2) is 47.9 Å². The van der Waals surface area contributed by atoms with E-state index in [2.05, 4.69) is 20.9 Å². The first-order valence-corrected chi connectivity index (χ1v) is 11.0. The number of thiazole rings is 1. The number of nitrogens with one attached hydrogen (secondary N) is 4. The number of aliphatic hydroxyl groups is 1. The number of carbonyl (C=O) groups excluding carboxylic acids is 3. The van der Waals surface area contributed by atoms with Gasteiger partial charge in [0.2, 0.25) is 0 Å². The minimum absolute atomic E-state index is 0.0459. The molecule has 0 bridgehead atoms. The molecule has 0 unspecified atom stereocenters. The molecule has 10 nitrogen and oxygen atoms in total. The topological polar surface area (TPSA) is 142 Å². The summed E-state index contributed by atoms with van der Waals surface area (Å²) in [6, 6.07) is 5.56. The van der Waals surface area contributed by atoms with Gasteiger partial charge in [-0.15, -0.1) is 0 Å². The van der Waals surface area contributed by atoms with Crippen molar-refractivity contribution in [1.82, 2.24) is 15.6 Å². The van der Waals surface area contributed by atoms with Crippen LogP contribution in [0.2, 0.25) is 0 Å². The summed E-state index contributed by atoms with van der Waals surface area (Å²) < 4.78 is 59.7. The molecule has 36 heavy (non-hydrogen) atoms. The Balaban J connectivity index is 2.04. The van der Waals surface area contributed by atoms with Crippen LogP contribution < -0.4 is 26.0 Å². The second-order valence-corrected chi connectivity index (χ2v) is 8.16. The predicted octanol–water partition coefficient (Wildman–Crippen LogP) is 3.68. The number of rotatable bonds is 6. The summed E-state index contributed by atoms with van der Waals surface area (Å²) in [5.41, 5.74) is -4.78. The minimum atomic E-state index is -5.44. The molecule has 3 rings (SSSR count). The Bertz CT molecular complexity index is 1300. The molecule has 0 aliphatic heterocycles. The average Bonchev–Trinajstić information content (AvgIpc) is 3.21. The molecule has 0 radical (unpaired) electrons. The Morgan fingerprint density at radius 2 is 1.78 bits per heavy atom. The SMILES string of the molecule is CCNC(=O)[C@@](O)(c1cc(OC(=O)NC)c2nc(NC(=O)Nc3ccc(F)cc3)sc2c1)C(F)(F)F. The molecular weight excluding hydrogens is 510 g/mol. The first-order valence-electron chi connectivity index (χ1n) is 10.1. The molecule has 3 aromatic rings. The largest absolute Gasteiger partial charge is 0.430 e. The van der Waals surface area contributed by atoms with E-state index in [1.54, 1.807) is 0 Å². The van der Waals surface area contributed by atoms with Gasteiger partial charge in [-0.1, -0.05) is 11.3 Å². The van der Waals surface area contributed by atoms with Crippen molar-refractivity contribution in [2.75, 3.05) is 24.2 Å². The zero-order valence-electron chi connectivity index (χ0n) is 18.6. The molecule has 15 heteroatoms. The monoisotopic (exact) mass is 529 g/mol. The van der Waals surface area contributed by atoms with E-state index < -0.39 is 46.9 Å². The maximum Gasteiger partial charge on any atom is 0.430 e. The van der Waals surface area contributed by atoms with Gasteiger partial charge in [0.25, 0.3) is 11.5 Å². The fraction of sp³-hybridized carbons (Fsp3) is 0.238. The van der Waals surface area contributed by atoms with Crippen molar-refractivity contribution in [3.63, 3.8) is 0 Å². The third-order valence-electron chi connectivity index (χ3n) is 4.68. The summed E-state index contributed by atoms with van der Waals surface area (Å²) >= 11 is 0.689. The van der Waals surface area contributed by atoms with Crippen LogP contribution in [0.4, 0.5) is 38.0 Å². The lowest BCUT2D eigenvalue weighted by Gasteiger charge is -2.29. The maximum atomic E-state index is 13.9. The van der Waals surface area contributed by atoms with E-state index in [1.807, 2.05) is 5.32 Å². The number of fused-ring (bicyclic) bond motifs is 1. The molecule has 2 aromatic carbocycles. The van der Waals surface area contributed by atoms with Crippen LogP contribution in [0, 0.1) is 5.82 Å². The van der Waals surface area contributed by atoms with Crippen LogP contribution in [0.3, 0.4) is 0 Å². The second-order valence-electron chi connectivity index (χ2n) is 7.13. The van der Waals surface area contributed by atoms with Gasteiger partial charge < -0.3 is 25.8 Å². The van der Waals surface area contributed by atoms with Gasteiger partial charge in [-0.3, -0.25) is 10.1 Å². The van der Waals surface area contributed by atoms with Gasteiger partial charge in [0.15, 0.2) is 10.9 Å². The first kappa shape index (κ1) is 26.6. The normalized spacial score (nSPS) is 13.0. The van der Waals surface area contributed by atoms with Gasteiger partial charge in [0.05, 0.1) is 4.70 Å². The molecule has 0 aliphatic carbocycles. The zero-order valence-corrected chi connectivity index (χ0v) is 19.4. The summed E-state index contributed by atoms with van der Waals surface area (Å²) in [7, 11) is 1.21. The standard InChI is InChI=1S/C21H19F4N5O5S/c1-3-27-16(31)20(34,21(23,24)25)10-8-13(35-19(33)26-2)15-14(9-10)36-18(29-15)30-17(32)28-12-6-4-11(22)5-7-12/h4-9,34H,3H2,1-2H3,(H,26,33)(H,27,31)(H2,28,29,30,32)/t20-/m0/s1. The molecular formula is C21H19F4N5O5S. The Labute approximate surface area is 204 Å². The number of hydrogen-bond acceptors (Lipinski definition) is 7. The van der Waals surface area contributed by atoms with Crippen LogP contribution in [0.5, 0.6) is 5.75 Å². The number of aromatic nitrogens is 1. The van der Waals surface area contributed by atoms with E-state index in [9.17, 15) is 37.1 Å². The van der Waals surface area contributed by atoms with Crippen molar-refractivity contribution in [2.45, 2.75) is 18.7 Å². The number of hydrogen-bond donors (Lipinski definition) is 5. The van der Waals surface area contributed by atoms with Crippen LogP contribution in [0.15, 0.2) is 36.4 Å². The van der Waals surface area contributed by atoms with Gasteiger partial charge in [-0.05, 0) is 43.3 Å². The van der Waals surface area contributed by atoms with Crippen molar-refractivity contribution in [3.8, 4) is 5.75 Å². The van der Waals surface area contributed by atoms with E-state index >= 15 is 0 Å². The number of urea groups is 1. The van der Waals surface area contributed by atoms with Crippen molar-refractivity contribution in [1.29, 1.82) is 0 Å². The number of nitrogens with zero attached hydrogens (tertiary/aromatic N) is 1. The van der Waals surface area contributed by atoms with Crippen molar-refractivity contribution in [3.05, 3.63) is 47.8 Å². The van der Waals surface area contributed by atoms with Crippen molar-refractivity contribution < 1.29 is 41.8 Å². The van der Waals surface area contributed by atoms with Crippen molar-refractivity contribution in [2.24, 2.45) is 0 Å². The fourth-order valence-corrected chi connectivity index (χ4v) is 3.91. The van der Waals surface area contributed by atoms with Crippen molar-refractivity contribution >= 4 is 50.4 Å². The number of benzene rings is 2. The lowest BCUT2D eigenvalue weighted by molar-refractivity contribution is -0.256. The highest BCUT2D eigenvalue weighted by Gasteiger charge is 2.61. The van der Waals surface area contributed by atoms with Gasteiger partial charge >= 0.3 is 18.3 Å². The summed E-state index contributed by atoms with van der Waals surface area (Å²) in [4.78, 5) is 40.4.